The van der Waals surface area contributed by atoms with Crippen LogP contribution < -0.4 is 10.1 Å². The first-order valence-corrected chi connectivity index (χ1v) is 8.36. The van der Waals surface area contributed by atoms with Gasteiger partial charge in [-0.1, -0.05) is 12.1 Å². The van der Waals surface area contributed by atoms with Crippen LogP contribution in [-0.2, 0) is 11.3 Å². The molecular formula is C18H29N3O2. The Hall–Kier alpha value is -1.75. The molecule has 1 N–H and O–H groups in total. The van der Waals surface area contributed by atoms with Gasteiger partial charge in [0.05, 0.1) is 19.8 Å². The molecule has 0 amide bonds. The molecule has 1 unspecified atom stereocenters. The van der Waals surface area contributed by atoms with E-state index in [-0.39, 0.29) is 0 Å². The lowest BCUT2D eigenvalue weighted by molar-refractivity contribution is 0.166. The first-order valence-electron chi connectivity index (χ1n) is 8.36. The van der Waals surface area contributed by atoms with Crippen LogP contribution in [0.25, 0.3) is 0 Å². The van der Waals surface area contributed by atoms with Crippen LogP contribution >= 0.6 is 0 Å². The molecule has 0 radical (unpaired) electrons. The van der Waals surface area contributed by atoms with E-state index in [2.05, 4.69) is 42.4 Å². The summed E-state index contributed by atoms with van der Waals surface area (Å²) in [5.41, 5.74) is 2.32. The van der Waals surface area contributed by atoms with Gasteiger partial charge in [0.1, 0.15) is 5.75 Å². The number of guanidine groups is 1. The SMILES string of the molecule is CCNC(=NCc1ccc(C)cc1OCC1CCOC1)N(C)C. The van der Waals surface area contributed by atoms with Crippen molar-refractivity contribution in [3.63, 3.8) is 0 Å². The Morgan fingerprint density at radius 3 is 2.91 bits per heavy atom. The summed E-state index contributed by atoms with van der Waals surface area (Å²) in [5, 5.41) is 3.28. The van der Waals surface area contributed by atoms with Gasteiger partial charge in [-0.25, -0.2) is 4.99 Å². The van der Waals surface area contributed by atoms with Crippen LogP contribution in [0.2, 0.25) is 0 Å². The second-order valence-electron chi connectivity index (χ2n) is 6.22. The predicted octanol–water partition coefficient (Wildman–Crippen LogP) is 2.44. The summed E-state index contributed by atoms with van der Waals surface area (Å²) in [4.78, 5) is 6.67. The van der Waals surface area contributed by atoms with Gasteiger partial charge in [0.2, 0.25) is 0 Å². The Kier molecular flexibility index (Phi) is 6.71. The number of ether oxygens (including phenoxy) is 2. The molecule has 1 aromatic carbocycles. The molecule has 1 atom stereocenters. The molecule has 5 nitrogen and oxygen atoms in total. The maximum atomic E-state index is 6.07. The van der Waals surface area contributed by atoms with Gasteiger partial charge < -0.3 is 19.7 Å². The maximum absolute atomic E-state index is 6.07. The number of aryl methyl sites for hydroxylation is 1. The standard InChI is InChI=1S/C18H29N3O2/c1-5-19-18(21(3)4)20-11-16-7-6-14(2)10-17(16)23-13-15-8-9-22-12-15/h6-7,10,15H,5,8-9,11-13H2,1-4H3,(H,19,20). The number of rotatable bonds is 6. The third kappa shape index (κ3) is 5.43. The molecule has 0 aliphatic carbocycles. The molecule has 0 bridgehead atoms. The normalized spacial score (nSPS) is 18.1. The summed E-state index contributed by atoms with van der Waals surface area (Å²) in [6, 6.07) is 6.32. The van der Waals surface area contributed by atoms with E-state index in [1.807, 2.05) is 19.0 Å². The van der Waals surface area contributed by atoms with Crippen molar-refractivity contribution in [1.82, 2.24) is 10.2 Å². The summed E-state index contributed by atoms with van der Waals surface area (Å²) in [6.07, 6.45) is 1.09. The second-order valence-corrected chi connectivity index (χ2v) is 6.22. The Bertz CT molecular complexity index is 523. The Balaban J connectivity index is 2.06. The number of aliphatic imine (C=N–C) groups is 1. The number of hydrogen-bond acceptors (Lipinski definition) is 3. The third-order valence-electron chi connectivity index (χ3n) is 3.88. The molecule has 1 aromatic rings. The van der Waals surface area contributed by atoms with Crippen LogP contribution in [0, 0.1) is 12.8 Å². The Labute approximate surface area is 139 Å². The molecule has 1 heterocycles. The highest BCUT2D eigenvalue weighted by molar-refractivity contribution is 5.79. The quantitative estimate of drug-likeness (QED) is 0.646. The zero-order chi connectivity index (χ0) is 16.7. The minimum absolute atomic E-state index is 0.506. The molecule has 1 aliphatic rings. The Morgan fingerprint density at radius 1 is 1.43 bits per heavy atom. The average Bonchev–Trinajstić information content (AvgIpc) is 3.03. The lowest BCUT2D eigenvalue weighted by Gasteiger charge is -2.18. The van der Waals surface area contributed by atoms with Gasteiger partial charge in [-0.05, 0) is 31.9 Å². The van der Waals surface area contributed by atoms with Crippen LogP contribution in [0.1, 0.15) is 24.5 Å². The largest absolute Gasteiger partial charge is 0.493 e. The van der Waals surface area contributed by atoms with E-state index in [1.165, 1.54) is 5.56 Å². The highest BCUT2D eigenvalue weighted by atomic mass is 16.5. The number of nitrogens with one attached hydrogen (secondary N) is 1. The van der Waals surface area contributed by atoms with Crippen molar-refractivity contribution in [2.45, 2.75) is 26.8 Å². The van der Waals surface area contributed by atoms with Crippen LogP contribution in [0.5, 0.6) is 5.75 Å². The average molecular weight is 319 g/mol. The number of hydrogen-bond donors (Lipinski definition) is 1. The minimum Gasteiger partial charge on any atom is -0.493 e. The van der Waals surface area contributed by atoms with Gasteiger partial charge in [0.15, 0.2) is 5.96 Å². The fraction of sp³-hybridized carbons (Fsp3) is 0.611. The molecular weight excluding hydrogens is 290 g/mol. The van der Waals surface area contributed by atoms with E-state index in [0.29, 0.717) is 19.1 Å². The van der Waals surface area contributed by atoms with Crippen LogP contribution in [0.4, 0.5) is 0 Å². The van der Waals surface area contributed by atoms with Crippen molar-refractivity contribution in [2.24, 2.45) is 10.9 Å². The minimum atomic E-state index is 0.506. The summed E-state index contributed by atoms with van der Waals surface area (Å²) < 4.78 is 11.5. The molecule has 0 saturated carbocycles. The number of benzene rings is 1. The third-order valence-corrected chi connectivity index (χ3v) is 3.88. The molecule has 2 rings (SSSR count). The van der Waals surface area contributed by atoms with Gasteiger partial charge in [0, 0.05) is 38.7 Å². The van der Waals surface area contributed by atoms with E-state index < -0.39 is 0 Å². The van der Waals surface area contributed by atoms with Crippen molar-refractivity contribution in [3.8, 4) is 5.75 Å². The van der Waals surface area contributed by atoms with Crippen molar-refractivity contribution in [2.75, 3.05) is 40.5 Å². The van der Waals surface area contributed by atoms with Crippen LogP contribution in [-0.4, -0.2) is 51.3 Å². The van der Waals surface area contributed by atoms with Gasteiger partial charge in [-0.15, -0.1) is 0 Å². The molecule has 5 heteroatoms. The monoisotopic (exact) mass is 319 g/mol. The fourth-order valence-electron chi connectivity index (χ4n) is 2.52. The van der Waals surface area contributed by atoms with Gasteiger partial charge in [-0.3, -0.25) is 0 Å². The summed E-state index contributed by atoms with van der Waals surface area (Å²) in [7, 11) is 3.99. The predicted molar refractivity (Wildman–Crippen MR) is 94.1 cm³/mol. The smallest absolute Gasteiger partial charge is 0.193 e. The fourth-order valence-corrected chi connectivity index (χ4v) is 2.52. The maximum Gasteiger partial charge on any atom is 0.193 e. The zero-order valence-corrected chi connectivity index (χ0v) is 14.8. The molecule has 23 heavy (non-hydrogen) atoms. The molecule has 1 fully saturated rings. The summed E-state index contributed by atoms with van der Waals surface area (Å²) in [5.74, 6) is 2.34. The van der Waals surface area contributed by atoms with Crippen molar-refractivity contribution >= 4 is 5.96 Å². The lowest BCUT2D eigenvalue weighted by atomic mass is 10.1. The zero-order valence-electron chi connectivity index (χ0n) is 14.8. The van der Waals surface area contributed by atoms with Gasteiger partial charge in [0.25, 0.3) is 0 Å². The van der Waals surface area contributed by atoms with Gasteiger partial charge in [-0.2, -0.15) is 0 Å². The van der Waals surface area contributed by atoms with E-state index in [0.717, 1.165) is 43.5 Å². The Morgan fingerprint density at radius 2 is 2.26 bits per heavy atom. The van der Waals surface area contributed by atoms with Crippen molar-refractivity contribution in [3.05, 3.63) is 29.3 Å². The lowest BCUT2D eigenvalue weighted by Crippen LogP contribution is -2.36. The summed E-state index contributed by atoms with van der Waals surface area (Å²) >= 11 is 0. The molecule has 1 saturated heterocycles. The molecule has 0 spiro atoms. The molecule has 1 aliphatic heterocycles. The highest BCUT2D eigenvalue weighted by Gasteiger charge is 2.17. The first-order chi connectivity index (χ1) is 11.1. The summed E-state index contributed by atoms with van der Waals surface area (Å²) in [6.45, 7) is 8.01. The highest BCUT2D eigenvalue weighted by Crippen LogP contribution is 2.23. The van der Waals surface area contributed by atoms with E-state index in [1.54, 1.807) is 0 Å². The van der Waals surface area contributed by atoms with Crippen LogP contribution in [0.15, 0.2) is 23.2 Å². The second kappa shape index (κ2) is 8.77. The van der Waals surface area contributed by atoms with Crippen molar-refractivity contribution < 1.29 is 9.47 Å². The topological polar surface area (TPSA) is 46.1 Å². The molecule has 128 valence electrons. The van der Waals surface area contributed by atoms with Crippen molar-refractivity contribution in [1.29, 1.82) is 0 Å². The van der Waals surface area contributed by atoms with E-state index in [9.17, 15) is 0 Å². The first kappa shape index (κ1) is 17.6. The van der Waals surface area contributed by atoms with E-state index in [4.69, 9.17) is 9.47 Å². The molecule has 0 aromatic heterocycles. The number of nitrogens with zero attached hydrogens (tertiary/aromatic N) is 2. The van der Waals surface area contributed by atoms with Crippen LogP contribution in [0.3, 0.4) is 0 Å². The van der Waals surface area contributed by atoms with Gasteiger partial charge >= 0.3 is 0 Å². The van der Waals surface area contributed by atoms with E-state index >= 15 is 0 Å².